The fourth-order valence-corrected chi connectivity index (χ4v) is 4.34. The van der Waals surface area contributed by atoms with E-state index in [0.717, 1.165) is 12.5 Å². The predicted octanol–water partition coefficient (Wildman–Crippen LogP) is 9.74. The average molecular weight is 408 g/mol. The molecule has 29 heavy (non-hydrogen) atoms. The maximum absolute atomic E-state index is 5.53. The zero-order valence-electron chi connectivity index (χ0n) is 20.6. The van der Waals surface area contributed by atoms with Crippen LogP contribution in [0, 0.1) is 5.92 Å². The summed E-state index contributed by atoms with van der Waals surface area (Å²) in [6.07, 6.45) is 30.6. The van der Waals surface area contributed by atoms with Crippen molar-refractivity contribution in [3.8, 4) is 0 Å². The first-order valence-electron chi connectivity index (χ1n) is 13.6. The standard InChI is InChI=1S/C28H57N/c1-4-5-6-7-8-12-17-22-27(2)23-18-13-9-10-14-19-24-28(3)25-20-15-11-16-21-26-29/h27H,3-26,29H2,1-2H3. The number of allylic oxidation sites excluding steroid dienone is 1. The van der Waals surface area contributed by atoms with Crippen molar-refractivity contribution in [3.63, 3.8) is 0 Å². The Bertz CT molecular complexity index is 322. The Morgan fingerprint density at radius 1 is 0.586 bits per heavy atom. The van der Waals surface area contributed by atoms with Crippen molar-refractivity contribution in [3.05, 3.63) is 12.2 Å². The molecular formula is C28H57N. The summed E-state index contributed by atoms with van der Waals surface area (Å²) in [5, 5.41) is 0. The minimum absolute atomic E-state index is 0.852. The molecular weight excluding hydrogens is 350 g/mol. The van der Waals surface area contributed by atoms with E-state index in [0.29, 0.717) is 0 Å². The van der Waals surface area contributed by atoms with Gasteiger partial charge in [-0.3, -0.25) is 0 Å². The fourth-order valence-electron chi connectivity index (χ4n) is 4.34. The van der Waals surface area contributed by atoms with Gasteiger partial charge >= 0.3 is 0 Å². The maximum Gasteiger partial charge on any atom is -0.00773 e. The molecule has 0 spiro atoms. The molecule has 0 radical (unpaired) electrons. The third-order valence-corrected chi connectivity index (χ3v) is 6.51. The lowest BCUT2D eigenvalue weighted by Gasteiger charge is -2.11. The molecule has 1 unspecified atom stereocenters. The molecule has 0 aromatic heterocycles. The number of rotatable bonds is 24. The fraction of sp³-hybridized carbons (Fsp3) is 0.929. The van der Waals surface area contributed by atoms with Crippen LogP contribution in [-0.4, -0.2) is 6.54 Å². The first kappa shape index (κ1) is 28.7. The van der Waals surface area contributed by atoms with Gasteiger partial charge in [-0.15, -0.1) is 0 Å². The van der Waals surface area contributed by atoms with Crippen LogP contribution in [0.1, 0.15) is 155 Å². The highest BCUT2D eigenvalue weighted by Gasteiger charge is 2.02. The zero-order chi connectivity index (χ0) is 21.4. The van der Waals surface area contributed by atoms with Crippen LogP contribution in [-0.2, 0) is 0 Å². The summed E-state index contributed by atoms with van der Waals surface area (Å²) in [6.45, 7) is 9.91. The highest BCUT2D eigenvalue weighted by atomic mass is 14.5. The molecule has 0 rings (SSSR count). The van der Waals surface area contributed by atoms with Crippen LogP contribution in [0.3, 0.4) is 0 Å². The molecule has 0 bridgehead atoms. The topological polar surface area (TPSA) is 26.0 Å². The largest absolute Gasteiger partial charge is 0.330 e. The Hall–Kier alpha value is -0.300. The molecule has 0 aliphatic rings. The Kier molecular flexibility index (Phi) is 23.7. The van der Waals surface area contributed by atoms with E-state index in [1.807, 2.05) is 0 Å². The first-order chi connectivity index (χ1) is 14.2. The van der Waals surface area contributed by atoms with Crippen molar-refractivity contribution in [2.24, 2.45) is 11.7 Å². The summed E-state index contributed by atoms with van der Waals surface area (Å²) in [5.41, 5.74) is 7.02. The Morgan fingerprint density at radius 3 is 1.41 bits per heavy atom. The second-order valence-corrected chi connectivity index (χ2v) is 9.73. The van der Waals surface area contributed by atoms with E-state index in [-0.39, 0.29) is 0 Å². The molecule has 0 aliphatic heterocycles. The smallest absolute Gasteiger partial charge is 0.00773 e. The van der Waals surface area contributed by atoms with Crippen molar-refractivity contribution >= 4 is 0 Å². The lowest BCUT2D eigenvalue weighted by molar-refractivity contribution is 0.431. The van der Waals surface area contributed by atoms with Gasteiger partial charge in [-0.2, -0.15) is 0 Å². The monoisotopic (exact) mass is 407 g/mol. The van der Waals surface area contributed by atoms with Crippen molar-refractivity contribution in [1.29, 1.82) is 0 Å². The minimum atomic E-state index is 0.852. The molecule has 0 saturated carbocycles. The number of nitrogens with two attached hydrogens (primary N) is 1. The molecule has 2 N–H and O–H groups in total. The van der Waals surface area contributed by atoms with Gasteiger partial charge in [-0.25, -0.2) is 0 Å². The van der Waals surface area contributed by atoms with Gasteiger partial charge in [0.2, 0.25) is 0 Å². The van der Waals surface area contributed by atoms with Crippen molar-refractivity contribution < 1.29 is 0 Å². The van der Waals surface area contributed by atoms with Crippen LogP contribution < -0.4 is 5.73 Å². The van der Waals surface area contributed by atoms with Crippen LogP contribution in [0.5, 0.6) is 0 Å². The van der Waals surface area contributed by atoms with Crippen LogP contribution in [0.4, 0.5) is 0 Å². The van der Waals surface area contributed by atoms with Crippen molar-refractivity contribution in [2.45, 2.75) is 155 Å². The van der Waals surface area contributed by atoms with Gasteiger partial charge in [0.05, 0.1) is 0 Å². The highest BCUT2D eigenvalue weighted by Crippen LogP contribution is 2.20. The zero-order valence-corrected chi connectivity index (χ0v) is 20.6. The normalized spacial score (nSPS) is 12.4. The Labute approximate surface area is 185 Å². The van der Waals surface area contributed by atoms with Gasteiger partial charge in [0.15, 0.2) is 0 Å². The van der Waals surface area contributed by atoms with Gasteiger partial charge in [-0.05, 0) is 44.6 Å². The van der Waals surface area contributed by atoms with Gasteiger partial charge in [0.25, 0.3) is 0 Å². The van der Waals surface area contributed by atoms with E-state index < -0.39 is 0 Å². The summed E-state index contributed by atoms with van der Waals surface area (Å²) in [7, 11) is 0. The van der Waals surface area contributed by atoms with E-state index in [4.69, 9.17) is 5.73 Å². The quantitative estimate of drug-likeness (QED) is 0.125. The Morgan fingerprint density at radius 2 is 0.966 bits per heavy atom. The molecule has 1 heteroatoms. The molecule has 0 aromatic carbocycles. The molecule has 1 atom stereocenters. The molecule has 174 valence electrons. The van der Waals surface area contributed by atoms with E-state index in [2.05, 4.69) is 20.4 Å². The number of unbranched alkanes of at least 4 members (excludes halogenated alkanes) is 15. The van der Waals surface area contributed by atoms with Crippen molar-refractivity contribution in [1.82, 2.24) is 0 Å². The molecule has 1 nitrogen and oxygen atoms in total. The van der Waals surface area contributed by atoms with Crippen molar-refractivity contribution in [2.75, 3.05) is 6.54 Å². The minimum Gasteiger partial charge on any atom is -0.330 e. The van der Waals surface area contributed by atoms with Crippen LogP contribution >= 0.6 is 0 Å². The lowest BCUT2D eigenvalue weighted by Crippen LogP contribution is -1.97. The highest BCUT2D eigenvalue weighted by molar-refractivity contribution is 4.93. The Balaban J connectivity index is 3.24. The second kappa shape index (κ2) is 24.0. The van der Waals surface area contributed by atoms with Gasteiger partial charge in [0.1, 0.15) is 0 Å². The molecule has 0 aliphatic carbocycles. The van der Waals surface area contributed by atoms with E-state index >= 15 is 0 Å². The number of hydrogen-bond acceptors (Lipinski definition) is 1. The van der Waals surface area contributed by atoms with Gasteiger partial charge in [-0.1, -0.05) is 135 Å². The summed E-state index contributed by atoms with van der Waals surface area (Å²) in [4.78, 5) is 0. The molecule has 0 saturated heterocycles. The molecule has 0 fully saturated rings. The van der Waals surface area contributed by atoms with Crippen LogP contribution in [0.25, 0.3) is 0 Å². The lowest BCUT2D eigenvalue weighted by atomic mass is 9.95. The third kappa shape index (κ3) is 23.8. The third-order valence-electron chi connectivity index (χ3n) is 6.51. The van der Waals surface area contributed by atoms with E-state index in [9.17, 15) is 0 Å². The maximum atomic E-state index is 5.53. The molecule has 0 heterocycles. The summed E-state index contributed by atoms with van der Waals surface area (Å²) >= 11 is 0. The summed E-state index contributed by atoms with van der Waals surface area (Å²) < 4.78 is 0. The molecule has 0 aromatic rings. The van der Waals surface area contributed by atoms with E-state index in [1.54, 1.807) is 0 Å². The van der Waals surface area contributed by atoms with Gasteiger partial charge in [0, 0.05) is 0 Å². The summed E-state index contributed by atoms with van der Waals surface area (Å²) in [5.74, 6) is 0.948. The molecule has 0 amide bonds. The number of hydrogen-bond donors (Lipinski definition) is 1. The average Bonchev–Trinajstić information content (AvgIpc) is 2.71. The van der Waals surface area contributed by atoms with Crippen LogP contribution in [0.15, 0.2) is 12.2 Å². The van der Waals surface area contributed by atoms with E-state index in [1.165, 1.54) is 147 Å². The van der Waals surface area contributed by atoms with Gasteiger partial charge < -0.3 is 5.73 Å². The van der Waals surface area contributed by atoms with Crippen LogP contribution in [0.2, 0.25) is 0 Å². The predicted molar refractivity (Wildman–Crippen MR) is 135 cm³/mol. The second-order valence-electron chi connectivity index (χ2n) is 9.73. The SMILES string of the molecule is C=C(CCCCCCCN)CCCCCCCCC(C)CCCCCCCCC. The summed E-state index contributed by atoms with van der Waals surface area (Å²) in [6, 6.07) is 0. The first-order valence-corrected chi connectivity index (χ1v) is 13.6.